The molecular formula is C12H24N2O. The van der Waals surface area contributed by atoms with Crippen LogP contribution in [0, 0.1) is 5.92 Å². The SMILES string of the molecule is CCOC1CC(N(C)C(CN)C2CC2)C1. The zero-order valence-corrected chi connectivity index (χ0v) is 9.98. The summed E-state index contributed by atoms with van der Waals surface area (Å²) in [5, 5.41) is 0. The topological polar surface area (TPSA) is 38.5 Å². The van der Waals surface area contributed by atoms with Gasteiger partial charge in [0.15, 0.2) is 0 Å². The Morgan fingerprint density at radius 2 is 2.07 bits per heavy atom. The largest absolute Gasteiger partial charge is 0.378 e. The summed E-state index contributed by atoms with van der Waals surface area (Å²) in [6, 6.07) is 1.34. The van der Waals surface area contributed by atoms with Crippen molar-refractivity contribution in [1.29, 1.82) is 0 Å². The molecule has 2 N–H and O–H groups in total. The van der Waals surface area contributed by atoms with Gasteiger partial charge in [-0.3, -0.25) is 4.90 Å². The fourth-order valence-corrected chi connectivity index (χ4v) is 2.69. The Labute approximate surface area is 93.0 Å². The summed E-state index contributed by atoms with van der Waals surface area (Å²) in [4.78, 5) is 2.51. The number of ether oxygens (including phenoxy) is 1. The van der Waals surface area contributed by atoms with Crippen LogP contribution in [0.4, 0.5) is 0 Å². The van der Waals surface area contributed by atoms with Gasteiger partial charge >= 0.3 is 0 Å². The molecule has 0 heterocycles. The number of likely N-dealkylation sites (N-methyl/N-ethyl adjacent to an activating group) is 1. The smallest absolute Gasteiger partial charge is 0.0604 e. The third-order valence-electron chi connectivity index (χ3n) is 3.98. The van der Waals surface area contributed by atoms with Gasteiger partial charge in [-0.2, -0.15) is 0 Å². The first kappa shape index (κ1) is 11.4. The predicted octanol–water partition coefficient (Wildman–Crippen LogP) is 1.22. The average Bonchev–Trinajstić information content (AvgIpc) is 2.95. The molecule has 2 aliphatic carbocycles. The van der Waals surface area contributed by atoms with E-state index in [1.165, 1.54) is 25.7 Å². The van der Waals surface area contributed by atoms with Crippen molar-refractivity contribution >= 4 is 0 Å². The van der Waals surface area contributed by atoms with E-state index in [1.807, 2.05) is 0 Å². The molecule has 3 heteroatoms. The van der Waals surface area contributed by atoms with Crippen molar-refractivity contribution in [3.05, 3.63) is 0 Å². The summed E-state index contributed by atoms with van der Waals surface area (Å²) in [6.45, 7) is 3.74. The first-order valence-corrected chi connectivity index (χ1v) is 6.29. The van der Waals surface area contributed by atoms with Crippen LogP contribution < -0.4 is 5.73 Å². The second-order valence-electron chi connectivity index (χ2n) is 5.01. The Morgan fingerprint density at radius 1 is 1.40 bits per heavy atom. The third kappa shape index (κ3) is 2.52. The summed E-state index contributed by atoms with van der Waals surface area (Å²) in [5.74, 6) is 0.881. The van der Waals surface area contributed by atoms with Gasteiger partial charge in [-0.1, -0.05) is 0 Å². The Hall–Kier alpha value is -0.120. The van der Waals surface area contributed by atoms with Gasteiger partial charge in [0.05, 0.1) is 6.10 Å². The van der Waals surface area contributed by atoms with Crippen LogP contribution >= 0.6 is 0 Å². The molecule has 3 nitrogen and oxygen atoms in total. The number of nitrogens with zero attached hydrogens (tertiary/aromatic N) is 1. The zero-order valence-electron chi connectivity index (χ0n) is 9.98. The molecular weight excluding hydrogens is 188 g/mol. The molecule has 0 aromatic heterocycles. The first-order valence-electron chi connectivity index (χ1n) is 6.29. The number of nitrogens with two attached hydrogens (primary N) is 1. The average molecular weight is 212 g/mol. The van der Waals surface area contributed by atoms with Crippen molar-refractivity contribution in [3.63, 3.8) is 0 Å². The second-order valence-corrected chi connectivity index (χ2v) is 5.01. The summed E-state index contributed by atoms with van der Waals surface area (Å²) < 4.78 is 5.59. The Balaban J connectivity index is 1.74. The molecule has 0 saturated heterocycles. The monoisotopic (exact) mass is 212 g/mol. The first-order chi connectivity index (χ1) is 7.26. The van der Waals surface area contributed by atoms with Crippen LogP contribution in [-0.2, 0) is 4.74 Å². The highest BCUT2D eigenvalue weighted by Crippen LogP contribution is 2.38. The van der Waals surface area contributed by atoms with Gasteiger partial charge in [0.25, 0.3) is 0 Å². The lowest BCUT2D eigenvalue weighted by molar-refractivity contribution is -0.0510. The van der Waals surface area contributed by atoms with Crippen LogP contribution in [0.25, 0.3) is 0 Å². The van der Waals surface area contributed by atoms with Gasteiger partial charge in [-0.05, 0) is 45.6 Å². The van der Waals surface area contributed by atoms with E-state index in [0.717, 1.165) is 25.1 Å². The number of hydrogen-bond acceptors (Lipinski definition) is 3. The zero-order chi connectivity index (χ0) is 10.8. The van der Waals surface area contributed by atoms with Gasteiger partial charge in [-0.25, -0.2) is 0 Å². The quantitative estimate of drug-likeness (QED) is 0.719. The minimum Gasteiger partial charge on any atom is -0.378 e. The lowest BCUT2D eigenvalue weighted by atomic mass is 9.86. The van der Waals surface area contributed by atoms with Crippen molar-refractivity contribution in [1.82, 2.24) is 4.90 Å². The number of rotatable bonds is 6. The Morgan fingerprint density at radius 3 is 2.53 bits per heavy atom. The van der Waals surface area contributed by atoms with Crippen molar-refractivity contribution < 1.29 is 4.74 Å². The van der Waals surface area contributed by atoms with Crippen LogP contribution in [0.5, 0.6) is 0 Å². The highest BCUT2D eigenvalue weighted by Gasteiger charge is 2.40. The Kier molecular flexibility index (Phi) is 3.65. The van der Waals surface area contributed by atoms with E-state index in [1.54, 1.807) is 0 Å². The molecule has 0 aromatic rings. The molecule has 0 bridgehead atoms. The van der Waals surface area contributed by atoms with Crippen molar-refractivity contribution in [2.45, 2.75) is 50.8 Å². The van der Waals surface area contributed by atoms with Crippen LogP contribution in [-0.4, -0.2) is 43.3 Å². The van der Waals surface area contributed by atoms with Gasteiger partial charge in [0.1, 0.15) is 0 Å². The molecule has 2 fully saturated rings. The molecule has 1 atom stereocenters. The molecule has 0 aliphatic heterocycles. The normalized spacial score (nSPS) is 32.8. The van der Waals surface area contributed by atoms with Crippen molar-refractivity contribution in [3.8, 4) is 0 Å². The van der Waals surface area contributed by atoms with Gasteiger partial charge in [0, 0.05) is 25.2 Å². The van der Waals surface area contributed by atoms with Crippen LogP contribution in [0.2, 0.25) is 0 Å². The molecule has 88 valence electrons. The lowest BCUT2D eigenvalue weighted by Gasteiger charge is -2.44. The standard InChI is InChI=1S/C12H24N2O/c1-3-15-11-6-10(7-11)14(2)12(8-13)9-4-5-9/h9-12H,3-8,13H2,1-2H3. The molecule has 0 radical (unpaired) electrons. The molecule has 2 rings (SSSR count). The maximum Gasteiger partial charge on any atom is 0.0604 e. The maximum absolute atomic E-state index is 5.85. The fourth-order valence-electron chi connectivity index (χ4n) is 2.69. The predicted molar refractivity (Wildman–Crippen MR) is 61.8 cm³/mol. The molecule has 0 aromatic carbocycles. The van der Waals surface area contributed by atoms with E-state index in [9.17, 15) is 0 Å². The lowest BCUT2D eigenvalue weighted by Crippen LogP contribution is -2.53. The highest BCUT2D eigenvalue weighted by atomic mass is 16.5. The molecule has 0 spiro atoms. The Bertz CT molecular complexity index is 200. The van der Waals surface area contributed by atoms with Crippen molar-refractivity contribution in [2.75, 3.05) is 20.2 Å². The van der Waals surface area contributed by atoms with E-state index in [0.29, 0.717) is 12.1 Å². The second kappa shape index (κ2) is 4.81. The van der Waals surface area contributed by atoms with E-state index in [2.05, 4.69) is 18.9 Å². The van der Waals surface area contributed by atoms with Gasteiger partial charge in [0.2, 0.25) is 0 Å². The van der Waals surface area contributed by atoms with Crippen LogP contribution in [0.15, 0.2) is 0 Å². The van der Waals surface area contributed by atoms with Gasteiger partial charge in [-0.15, -0.1) is 0 Å². The fraction of sp³-hybridized carbons (Fsp3) is 1.00. The van der Waals surface area contributed by atoms with Crippen LogP contribution in [0.3, 0.4) is 0 Å². The summed E-state index contributed by atoms with van der Waals surface area (Å²) in [6.07, 6.45) is 5.68. The minimum atomic E-state index is 0.514. The van der Waals surface area contributed by atoms with E-state index in [-0.39, 0.29) is 0 Å². The maximum atomic E-state index is 5.85. The molecule has 1 unspecified atom stereocenters. The molecule has 2 aliphatic rings. The van der Waals surface area contributed by atoms with E-state index in [4.69, 9.17) is 10.5 Å². The van der Waals surface area contributed by atoms with E-state index < -0.39 is 0 Å². The minimum absolute atomic E-state index is 0.514. The van der Waals surface area contributed by atoms with Crippen LogP contribution in [0.1, 0.15) is 32.6 Å². The van der Waals surface area contributed by atoms with Crippen molar-refractivity contribution in [2.24, 2.45) is 11.7 Å². The molecule has 15 heavy (non-hydrogen) atoms. The summed E-state index contributed by atoms with van der Waals surface area (Å²) >= 11 is 0. The number of hydrogen-bond donors (Lipinski definition) is 1. The molecule has 2 saturated carbocycles. The van der Waals surface area contributed by atoms with Gasteiger partial charge < -0.3 is 10.5 Å². The summed E-state index contributed by atoms with van der Waals surface area (Å²) in [7, 11) is 2.24. The van der Waals surface area contributed by atoms with E-state index >= 15 is 0 Å². The third-order valence-corrected chi connectivity index (χ3v) is 3.98. The highest BCUT2D eigenvalue weighted by molar-refractivity contribution is 4.95. The molecule has 0 amide bonds. The summed E-state index contributed by atoms with van der Waals surface area (Å²) in [5.41, 5.74) is 5.85.